The molecular weight excluding hydrogens is 506 g/mol. The molecule has 2 atom stereocenters. The second-order valence-corrected chi connectivity index (χ2v) is 18.4. The van der Waals surface area contributed by atoms with Gasteiger partial charge in [-0.25, -0.2) is 4.99 Å². The molecule has 3 aliphatic heterocycles. The van der Waals surface area contributed by atoms with E-state index in [1.165, 1.54) is 5.56 Å². The lowest BCUT2D eigenvalue weighted by Crippen LogP contribution is -2.54. The Balaban J connectivity index is 1.15. The number of carbonyl (C=O) groups excluding carboxylic acids is 1. The fourth-order valence-corrected chi connectivity index (χ4v) is 6.78. The first-order valence-electron chi connectivity index (χ1n) is 14.5. The van der Waals surface area contributed by atoms with Crippen LogP contribution in [0.25, 0.3) is 6.20 Å². The van der Waals surface area contributed by atoms with E-state index >= 15 is 0 Å². The number of likely N-dealkylation sites (tertiary alicyclic amines) is 1. The summed E-state index contributed by atoms with van der Waals surface area (Å²) in [5, 5.41) is 16.0. The van der Waals surface area contributed by atoms with Crippen molar-refractivity contribution in [1.82, 2.24) is 19.7 Å². The van der Waals surface area contributed by atoms with Crippen LogP contribution in [0.2, 0.25) is 25.7 Å². The molecule has 2 N–H and O–H groups in total. The Kier molecular flexibility index (Phi) is 8.61. The Labute approximate surface area is 233 Å². The van der Waals surface area contributed by atoms with Crippen molar-refractivity contribution in [3.63, 3.8) is 0 Å². The van der Waals surface area contributed by atoms with Gasteiger partial charge in [-0.05, 0) is 43.5 Å². The minimum Gasteiger partial charge on any atom is -0.388 e. The van der Waals surface area contributed by atoms with Crippen molar-refractivity contribution in [3.8, 4) is 0 Å². The van der Waals surface area contributed by atoms with Gasteiger partial charge in [0.15, 0.2) is 0 Å². The second-order valence-electron chi connectivity index (χ2n) is 12.8. The molecule has 0 radical (unpaired) electrons. The van der Waals surface area contributed by atoms with Crippen molar-refractivity contribution >= 4 is 20.2 Å². The van der Waals surface area contributed by atoms with Crippen LogP contribution in [0.4, 0.5) is 0 Å². The zero-order valence-corrected chi connectivity index (χ0v) is 24.8. The van der Waals surface area contributed by atoms with Gasteiger partial charge in [0.1, 0.15) is 18.9 Å². The maximum Gasteiger partial charge on any atom is 0.226 e. The van der Waals surface area contributed by atoms with Gasteiger partial charge in [-0.1, -0.05) is 50.0 Å². The molecule has 4 heterocycles. The maximum absolute atomic E-state index is 13.6. The van der Waals surface area contributed by atoms with Gasteiger partial charge in [0.2, 0.25) is 5.91 Å². The van der Waals surface area contributed by atoms with Crippen molar-refractivity contribution < 1.29 is 14.6 Å². The number of ether oxygens (including phenoxy) is 1. The zero-order valence-electron chi connectivity index (χ0n) is 23.8. The summed E-state index contributed by atoms with van der Waals surface area (Å²) < 4.78 is 7.99. The monoisotopic (exact) mass is 551 g/mol. The third kappa shape index (κ3) is 7.00. The van der Waals surface area contributed by atoms with Crippen molar-refractivity contribution in [2.45, 2.75) is 63.2 Å². The largest absolute Gasteiger partial charge is 0.388 e. The Morgan fingerprint density at radius 1 is 1.18 bits per heavy atom. The van der Waals surface area contributed by atoms with E-state index in [2.05, 4.69) is 71.0 Å². The van der Waals surface area contributed by atoms with Crippen LogP contribution in [0.1, 0.15) is 30.7 Å². The van der Waals surface area contributed by atoms with Gasteiger partial charge in [0.05, 0.1) is 5.60 Å². The van der Waals surface area contributed by atoms with Crippen LogP contribution in [0.5, 0.6) is 0 Å². The van der Waals surface area contributed by atoms with Crippen molar-refractivity contribution in [2.75, 3.05) is 46.0 Å². The number of aliphatic hydroxyl groups is 1. The van der Waals surface area contributed by atoms with Crippen molar-refractivity contribution in [3.05, 3.63) is 58.9 Å². The number of nitrogens with one attached hydrogen (secondary N) is 1. The van der Waals surface area contributed by atoms with E-state index in [0.717, 1.165) is 42.9 Å². The van der Waals surface area contributed by atoms with E-state index in [4.69, 9.17) is 9.73 Å². The zero-order chi connectivity index (χ0) is 27.5. The van der Waals surface area contributed by atoms with Crippen LogP contribution in [0.3, 0.4) is 0 Å². The Hall–Kier alpha value is -2.46. The summed E-state index contributed by atoms with van der Waals surface area (Å²) >= 11 is 0. The second kappa shape index (κ2) is 12.0. The summed E-state index contributed by atoms with van der Waals surface area (Å²) in [5.41, 5.74) is 1.35. The number of piperidine rings is 2. The number of benzene rings is 1. The molecule has 8 nitrogen and oxygen atoms in total. The number of amides is 1. The Bertz CT molecular complexity index is 1230. The molecule has 0 spiro atoms. The third-order valence-electron chi connectivity index (χ3n) is 8.45. The molecule has 1 aromatic carbocycles. The normalized spacial score (nSPS) is 23.1. The quantitative estimate of drug-likeness (QED) is 0.369. The highest BCUT2D eigenvalue weighted by atomic mass is 28.3. The first-order chi connectivity index (χ1) is 18.7. The average molecular weight is 552 g/mol. The number of nitrogens with zero attached hydrogens (tertiary/aromatic N) is 4. The average Bonchev–Trinajstić information content (AvgIpc) is 3.33. The van der Waals surface area contributed by atoms with Gasteiger partial charge in [0, 0.05) is 70.3 Å². The van der Waals surface area contributed by atoms with Gasteiger partial charge in [-0.15, -0.1) is 0 Å². The lowest BCUT2D eigenvalue weighted by atomic mass is 9.80. The third-order valence-corrected chi connectivity index (χ3v) is 10.1. The Morgan fingerprint density at radius 2 is 1.95 bits per heavy atom. The van der Waals surface area contributed by atoms with E-state index in [1.54, 1.807) is 0 Å². The van der Waals surface area contributed by atoms with Crippen LogP contribution in [-0.4, -0.2) is 85.1 Å². The minimum absolute atomic E-state index is 0.00366. The van der Waals surface area contributed by atoms with Gasteiger partial charge in [-0.3, -0.25) is 4.79 Å². The molecule has 1 amide bonds. The minimum atomic E-state index is -1.10. The van der Waals surface area contributed by atoms with Crippen LogP contribution < -0.4 is 16.0 Å². The number of aromatic nitrogens is 1. The van der Waals surface area contributed by atoms with Crippen molar-refractivity contribution in [1.29, 1.82) is 0 Å². The van der Waals surface area contributed by atoms with Crippen LogP contribution >= 0.6 is 0 Å². The standard InChI is InChI=1S/C30H45N5O3Si/c1-39(2,3)18-17-38-23-35-14-10-25-20-33(22-32-28(25)35)21-30(37)11-15-34(16-12-30)29(36)26-9-13-31-19-27(26)24-7-5-4-6-8-24/h4-8,10,14,20,26-27,31,37H,9,11-13,15-19,21-23H2,1-3H3/t26-,27+/m1/s1. The van der Waals surface area contributed by atoms with Crippen LogP contribution in [0, 0.1) is 5.92 Å². The first-order valence-corrected chi connectivity index (χ1v) is 18.2. The number of fused-ring (bicyclic) bond motifs is 1. The van der Waals surface area contributed by atoms with E-state index in [9.17, 15) is 9.90 Å². The molecule has 3 aliphatic rings. The van der Waals surface area contributed by atoms with Crippen molar-refractivity contribution in [2.24, 2.45) is 10.9 Å². The number of carbonyl (C=O) groups is 1. The summed E-state index contributed by atoms with van der Waals surface area (Å²) in [5.74, 6) is 0.436. The van der Waals surface area contributed by atoms with Gasteiger partial charge < -0.3 is 29.5 Å². The predicted octanol–water partition coefficient (Wildman–Crippen LogP) is 2.18. The van der Waals surface area contributed by atoms with Gasteiger partial charge in [-0.2, -0.15) is 0 Å². The summed E-state index contributed by atoms with van der Waals surface area (Å²) in [6.07, 6.45) is 6.17. The summed E-state index contributed by atoms with van der Waals surface area (Å²) in [4.78, 5) is 22.5. The van der Waals surface area contributed by atoms with E-state index < -0.39 is 13.7 Å². The van der Waals surface area contributed by atoms with Crippen LogP contribution in [-0.2, 0) is 16.3 Å². The molecule has 0 unspecified atom stereocenters. The topological polar surface area (TPSA) is 82.3 Å². The number of hydrogen-bond acceptors (Lipinski definition) is 6. The predicted molar refractivity (Wildman–Crippen MR) is 156 cm³/mol. The fourth-order valence-electron chi connectivity index (χ4n) is 6.02. The lowest BCUT2D eigenvalue weighted by molar-refractivity contribution is -0.141. The van der Waals surface area contributed by atoms with E-state index in [-0.39, 0.29) is 17.7 Å². The highest BCUT2D eigenvalue weighted by molar-refractivity contribution is 6.76. The number of β-amino-alcohol motifs (C(OH)–C–C–N with tert-alkyl or cyclic N) is 1. The molecule has 39 heavy (non-hydrogen) atoms. The highest BCUT2D eigenvalue weighted by Crippen LogP contribution is 2.33. The lowest BCUT2D eigenvalue weighted by Gasteiger charge is -2.43. The van der Waals surface area contributed by atoms with Gasteiger partial charge in [0.25, 0.3) is 0 Å². The Morgan fingerprint density at radius 3 is 2.69 bits per heavy atom. The highest BCUT2D eigenvalue weighted by Gasteiger charge is 2.39. The summed E-state index contributed by atoms with van der Waals surface area (Å²) in [6, 6.07) is 13.6. The molecule has 2 saturated heterocycles. The number of rotatable bonds is 9. The molecule has 1 aromatic heterocycles. The molecule has 0 saturated carbocycles. The van der Waals surface area contributed by atoms with E-state index in [1.807, 2.05) is 17.2 Å². The fraction of sp³-hybridized carbons (Fsp3) is 0.600. The molecule has 9 heteroatoms. The molecule has 2 fully saturated rings. The molecule has 5 rings (SSSR count). The number of hydrogen-bond donors (Lipinski definition) is 2. The molecule has 0 aliphatic carbocycles. The summed E-state index contributed by atoms with van der Waals surface area (Å²) in [7, 11) is -1.10. The SMILES string of the molecule is C[Si](C)(C)CCOCn1ccc2c1=NCN(CC1(O)CCN(C(=O)[C@@H]3CCNC[C@H]3c3ccccc3)CC1)C=2. The molecule has 212 valence electrons. The maximum atomic E-state index is 13.6. The smallest absolute Gasteiger partial charge is 0.226 e. The molecular formula is C30H45N5O3Si. The summed E-state index contributed by atoms with van der Waals surface area (Å²) in [6.45, 7) is 12.3. The molecule has 2 aromatic rings. The first kappa shape index (κ1) is 28.1. The van der Waals surface area contributed by atoms with Crippen LogP contribution in [0.15, 0.2) is 47.6 Å². The molecule has 0 bridgehead atoms. The van der Waals surface area contributed by atoms with E-state index in [0.29, 0.717) is 45.9 Å². The van der Waals surface area contributed by atoms with Gasteiger partial charge >= 0.3 is 0 Å².